The van der Waals surface area contributed by atoms with Crippen LogP contribution in [0.25, 0.3) is 21.9 Å². The van der Waals surface area contributed by atoms with Gasteiger partial charge in [-0.05, 0) is 18.2 Å². The van der Waals surface area contributed by atoms with E-state index in [0.717, 1.165) is 11.8 Å². The molecule has 5 heterocycles. The number of halogens is 1. The lowest BCUT2D eigenvalue weighted by molar-refractivity contribution is -0.604. The van der Waals surface area contributed by atoms with Gasteiger partial charge >= 0.3 is 5.69 Å². The Morgan fingerprint density at radius 3 is 2.82 bits per heavy atom. The third-order valence-corrected chi connectivity index (χ3v) is 6.24. The van der Waals surface area contributed by atoms with E-state index in [0.29, 0.717) is 64.4 Å². The number of hydrogen-bond acceptors (Lipinski definition) is 7. The second-order valence-corrected chi connectivity index (χ2v) is 8.65. The number of pyridine rings is 1. The molecule has 0 saturated carbocycles. The van der Waals surface area contributed by atoms with Gasteiger partial charge in [0.15, 0.2) is 12.0 Å². The molecule has 0 radical (unpaired) electrons. The summed E-state index contributed by atoms with van der Waals surface area (Å²) in [7, 11) is 0. The van der Waals surface area contributed by atoms with E-state index in [-0.39, 0.29) is 24.4 Å². The molecule has 2 fully saturated rings. The molecule has 170 valence electrons. The SMILES string of the molecule is O=c1n(Cc2nc(OC3CCOC3)c3ccc(Cl)cc3n2)c2c[n+]([O-])ccc2n1C1COC1. The Kier molecular flexibility index (Phi) is 4.93. The maximum atomic E-state index is 13.4. The Morgan fingerprint density at radius 2 is 2.06 bits per heavy atom. The molecule has 0 spiro atoms. The summed E-state index contributed by atoms with van der Waals surface area (Å²) in [5, 5.41) is 13.3. The van der Waals surface area contributed by atoms with E-state index in [2.05, 4.69) is 9.97 Å². The van der Waals surface area contributed by atoms with Crippen LogP contribution in [0.4, 0.5) is 0 Å². The van der Waals surface area contributed by atoms with Crippen LogP contribution in [0.15, 0.2) is 41.5 Å². The first-order valence-corrected chi connectivity index (χ1v) is 11.1. The van der Waals surface area contributed by atoms with Crippen LogP contribution in [0, 0.1) is 5.21 Å². The van der Waals surface area contributed by atoms with Crippen LogP contribution in [0.5, 0.6) is 5.88 Å². The Labute approximate surface area is 192 Å². The van der Waals surface area contributed by atoms with Crippen LogP contribution < -0.4 is 15.2 Å². The largest absolute Gasteiger partial charge is 0.619 e. The molecule has 0 N–H and O–H groups in total. The van der Waals surface area contributed by atoms with Crippen molar-refractivity contribution in [1.29, 1.82) is 0 Å². The van der Waals surface area contributed by atoms with E-state index in [1.807, 2.05) is 6.07 Å². The summed E-state index contributed by atoms with van der Waals surface area (Å²) in [6.45, 7) is 2.12. The molecule has 11 heteroatoms. The molecule has 2 aliphatic heterocycles. The zero-order valence-electron chi connectivity index (χ0n) is 17.5. The van der Waals surface area contributed by atoms with Crippen molar-refractivity contribution >= 4 is 33.5 Å². The van der Waals surface area contributed by atoms with E-state index in [9.17, 15) is 10.0 Å². The highest BCUT2D eigenvalue weighted by Gasteiger charge is 2.28. The molecule has 0 aliphatic carbocycles. The molecule has 4 aromatic rings. The van der Waals surface area contributed by atoms with Crippen molar-refractivity contribution in [2.24, 2.45) is 0 Å². The topological polar surface area (TPSA) is 107 Å². The fraction of sp³-hybridized carbons (Fsp3) is 0.364. The van der Waals surface area contributed by atoms with Crippen LogP contribution in [-0.4, -0.2) is 51.6 Å². The summed E-state index contributed by atoms with van der Waals surface area (Å²) >= 11 is 6.21. The first-order chi connectivity index (χ1) is 16.1. The fourth-order valence-corrected chi connectivity index (χ4v) is 4.44. The molecule has 10 nitrogen and oxygen atoms in total. The van der Waals surface area contributed by atoms with Crippen molar-refractivity contribution in [3.05, 3.63) is 63.2 Å². The summed E-state index contributed by atoms with van der Waals surface area (Å²) in [5.74, 6) is 0.802. The number of imidazole rings is 1. The zero-order valence-corrected chi connectivity index (χ0v) is 18.3. The minimum atomic E-state index is -0.244. The van der Waals surface area contributed by atoms with Crippen molar-refractivity contribution < 1.29 is 18.9 Å². The number of fused-ring (bicyclic) bond motifs is 2. The van der Waals surface area contributed by atoms with E-state index in [4.69, 9.17) is 25.8 Å². The molecule has 1 atom stereocenters. The minimum absolute atomic E-state index is 0.0682. The summed E-state index contributed by atoms with van der Waals surface area (Å²) in [6, 6.07) is 6.90. The van der Waals surface area contributed by atoms with E-state index >= 15 is 0 Å². The van der Waals surface area contributed by atoms with Crippen LogP contribution in [0.1, 0.15) is 18.3 Å². The molecular weight excluding hydrogens is 450 g/mol. The molecule has 33 heavy (non-hydrogen) atoms. The monoisotopic (exact) mass is 469 g/mol. The van der Waals surface area contributed by atoms with Crippen LogP contribution in [0.2, 0.25) is 5.02 Å². The summed E-state index contributed by atoms with van der Waals surface area (Å²) < 4.78 is 20.7. The van der Waals surface area contributed by atoms with E-state index in [1.54, 1.807) is 22.8 Å². The maximum absolute atomic E-state index is 13.4. The zero-order chi connectivity index (χ0) is 22.5. The predicted octanol–water partition coefficient (Wildman–Crippen LogP) is 1.82. The predicted molar refractivity (Wildman–Crippen MR) is 119 cm³/mol. The van der Waals surface area contributed by atoms with Crippen molar-refractivity contribution in [2.45, 2.75) is 25.1 Å². The van der Waals surface area contributed by atoms with Crippen LogP contribution in [-0.2, 0) is 16.0 Å². The van der Waals surface area contributed by atoms with Gasteiger partial charge in [0.2, 0.25) is 12.1 Å². The van der Waals surface area contributed by atoms with E-state index in [1.165, 1.54) is 17.0 Å². The molecule has 6 rings (SSSR count). The van der Waals surface area contributed by atoms with Gasteiger partial charge in [-0.3, -0.25) is 9.13 Å². The van der Waals surface area contributed by atoms with Crippen molar-refractivity contribution in [3.8, 4) is 5.88 Å². The molecular formula is C22H20ClN5O5. The normalized spacial score (nSPS) is 18.8. The number of nitrogens with zero attached hydrogens (tertiary/aromatic N) is 5. The third kappa shape index (κ3) is 3.60. The lowest BCUT2D eigenvalue weighted by Gasteiger charge is -2.26. The van der Waals surface area contributed by atoms with Gasteiger partial charge in [-0.1, -0.05) is 11.6 Å². The molecule has 3 aromatic heterocycles. The first kappa shape index (κ1) is 20.4. The lowest BCUT2D eigenvalue weighted by Crippen LogP contribution is -2.38. The second-order valence-electron chi connectivity index (χ2n) is 8.22. The Bertz CT molecular complexity index is 1420. The van der Waals surface area contributed by atoms with Crippen LogP contribution >= 0.6 is 11.6 Å². The minimum Gasteiger partial charge on any atom is -0.619 e. The van der Waals surface area contributed by atoms with Gasteiger partial charge in [0.25, 0.3) is 0 Å². The average Bonchev–Trinajstić information content (AvgIpc) is 3.35. The molecule has 1 aromatic carbocycles. The van der Waals surface area contributed by atoms with Gasteiger partial charge in [-0.15, -0.1) is 0 Å². The highest BCUT2D eigenvalue weighted by Crippen LogP contribution is 2.28. The third-order valence-electron chi connectivity index (χ3n) is 6.00. The van der Waals surface area contributed by atoms with Crippen LogP contribution in [0.3, 0.4) is 0 Å². The number of benzene rings is 1. The van der Waals surface area contributed by atoms with Crippen molar-refractivity contribution in [2.75, 3.05) is 26.4 Å². The van der Waals surface area contributed by atoms with Gasteiger partial charge in [-0.2, -0.15) is 9.71 Å². The Balaban J connectivity index is 1.47. The van der Waals surface area contributed by atoms with Gasteiger partial charge < -0.3 is 19.4 Å². The Hall–Kier alpha value is -3.21. The standard InChI is InChI=1S/C22H20ClN5O5/c23-13-1-2-16-17(7-13)24-20(25-21(16)33-15-4-6-31-12-15)9-27-19-8-26(30)5-3-18(19)28(22(27)29)14-10-32-11-14/h1-3,5,7-8,14-15H,4,6,9-12H2. The van der Waals surface area contributed by atoms with Crippen molar-refractivity contribution in [3.63, 3.8) is 0 Å². The van der Waals surface area contributed by atoms with Crippen molar-refractivity contribution in [1.82, 2.24) is 19.1 Å². The van der Waals surface area contributed by atoms with Gasteiger partial charge in [0.05, 0.1) is 55.4 Å². The molecule has 0 bridgehead atoms. The van der Waals surface area contributed by atoms with Gasteiger partial charge in [0.1, 0.15) is 11.6 Å². The smallest absolute Gasteiger partial charge is 0.330 e. The molecule has 2 saturated heterocycles. The quantitative estimate of drug-likeness (QED) is 0.324. The highest BCUT2D eigenvalue weighted by molar-refractivity contribution is 6.31. The van der Waals surface area contributed by atoms with Gasteiger partial charge in [0, 0.05) is 17.5 Å². The molecule has 2 aliphatic rings. The number of aromatic nitrogens is 5. The summed E-state index contributed by atoms with van der Waals surface area (Å²) in [5.41, 5.74) is 1.55. The second kappa shape index (κ2) is 7.98. The molecule has 1 unspecified atom stereocenters. The highest BCUT2D eigenvalue weighted by atomic mass is 35.5. The average molecular weight is 470 g/mol. The fourth-order valence-electron chi connectivity index (χ4n) is 4.27. The first-order valence-electron chi connectivity index (χ1n) is 10.7. The maximum Gasteiger partial charge on any atom is 0.330 e. The van der Waals surface area contributed by atoms with Gasteiger partial charge in [-0.25, -0.2) is 9.78 Å². The number of rotatable bonds is 5. The summed E-state index contributed by atoms with van der Waals surface area (Å²) in [4.78, 5) is 22.6. The lowest BCUT2D eigenvalue weighted by atomic mass is 10.2. The number of hydrogen-bond donors (Lipinski definition) is 0. The summed E-state index contributed by atoms with van der Waals surface area (Å²) in [6.07, 6.45) is 3.44. The Morgan fingerprint density at radius 1 is 1.18 bits per heavy atom. The van der Waals surface area contributed by atoms with E-state index < -0.39 is 0 Å². The molecule has 0 amide bonds. The number of ether oxygens (including phenoxy) is 3.